The van der Waals surface area contributed by atoms with Gasteiger partial charge in [-0.2, -0.15) is 0 Å². The maximum absolute atomic E-state index is 12.3. The summed E-state index contributed by atoms with van der Waals surface area (Å²) in [5.74, 6) is -1.68. The van der Waals surface area contributed by atoms with E-state index in [1.165, 1.54) is 32.1 Å². The molecule has 1 aliphatic carbocycles. The molecule has 0 radical (unpaired) electrons. The Hall–Kier alpha value is -3.78. The van der Waals surface area contributed by atoms with Crippen LogP contribution < -0.4 is 0 Å². The molecule has 2 aliphatic rings. The average molecular weight is 526 g/mol. The molecule has 1 unspecified atom stereocenters. The van der Waals surface area contributed by atoms with E-state index in [2.05, 4.69) is 0 Å². The number of ether oxygens (including phenoxy) is 1. The quantitative estimate of drug-likeness (QED) is 0.509. The molecule has 0 fully saturated rings. The van der Waals surface area contributed by atoms with Crippen LogP contribution in [0.2, 0.25) is 0 Å². The summed E-state index contributed by atoms with van der Waals surface area (Å²) in [5.41, 5.74) is 2.52. The van der Waals surface area contributed by atoms with Crippen molar-refractivity contribution in [3.63, 3.8) is 0 Å². The highest BCUT2D eigenvalue weighted by Crippen LogP contribution is 2.45. The number of rotatable bonds is 7. The summed E-state index contributed by atoms with van der Waals surface area (Å²) < 4.78 is 5.91. The number of carboxylic acid groups (broad SMARTS) is 1. The van der Waals surface area contributed by atoms with Gasteiger partial charge in [0.15, 0.2) is 5.78 Å². The fraction of sp³-hybridized carbons (Fsp3) is 0.400. The van der Waals surface area contributed by atoms with Gasteiger partial charge in [0.1, 0.15) is 11.5 Å². The second-order valence-electron chi connectivity index (χ2n) is 8.05. The molecule has 1 atom stereocenters. The molecule has 206 valence electrons. The number of benzene rings is 1. The van der Waals surface area contributed by atoms with Crippen molar-refractivity contribution >= 4 is 29.1 Å². The predicted molar refractivity (Wildman–Crippen MR) is 147 cm³/mol. The molecule has 2 N–H and O–H groups in total. The van der Waals surface area contributed by atoms with Crippen LogP contribution in [-0.2, 0) is 25.5 Å². The van der Waals surface area contributed by atoms with Crippen molar-refractivity contribution in [2.75, 3.05) is 13.2 Å². The number of ketones is 1. The van der Waals surface area contributed by atoms with Crippen LogP contribution in [0.5, 0.6) is 0 Å². The second kappa shape index (κ2) is 15.5. The van der Waals surface area contributed by atoms with E-state index >= 15 is 0 Å². The fourth-order valence-electron chi connectivity index (χ4n) is 4.29. The zero-order valence-corrected chi connectivity index (χ0v) is 23.3. The third-order valence-corrected chi connectivity index (χ3v) is 5.85. The van der Waals surface area contributed by atoms with E-state index in [0.29, 0.717) is 46.6 Å². The number of aliphatic hydroxyl groups is 1. The first-order valence-corrected chi connectivity index (χ1v) is 13.0. The Morgan fingerprint density at radius 1 is 1.05 bits per heavy atom. The fourth-order valence-corrected chi connectivity index (χ4v) is 4.29. The minimum absolute atomic E-state index is 0.0607. The molecule has 0 aromatic heterocycles. The molecular weight excluding hydrogens is 486 g/mol. The maximum Gasteiger partial charge on any atom is 0.336 e. The first kappa shape index (κ1) is 32.2. The topological polar surface area (TPSA) is 121 Å². The summed E-state index contributed by atoms with van der Waals surface area (Å²) >= 11 is 0. The van der Waals surface area contributed by atoms with Crippen molar-refractivity contribution in [1.82, 2.24) is 4.90 Å². The summed E-state index contributed by atoms with van der Waals surface area (Å²) in [6.45, 7) is 12.4. The first-order valence-electron chi connectivity index (χ1n) is 13.0. The van der Waals surface area contributed by atoms with Gasteiger partial charge in [0, 0.05) is 38.0 Å². The van der Waals surface area contributed by atoms with E-state index < -0.39 is 5.97 Å². The van der Waals surface area contributed by atoms with Gasteiger partial charge in [0.05, 0.1) is 12.2 Å². The van der Waals surface area contributed by atoms with Gasteiger partial charge in [0.2, 0.25) is 11.8 Å². The zero-order valence-electron chi connectivity index (χ0n) is 23.3. The Labute approximate surface area is 225 Å². The molecule has 2 amide bonds. The number of allylic oxidation sites excluding steroid dienone is 4. The number of amides is 2. The summed E-state index contributed by atoms with van der Waals surface area (Å²) in [7, 11) is 0. The maximum atomic E-state index is 12.3. The lowest BCUT2D eigenvalue weighted by Gasteiger charge is -2.33. The van der Waals surface area contributed by atoms with Gasteiger partial charge in [0.25, 0.3) is 0 Å². The van der Waals surface area contributed by atoms with Crippen LogP contribution in [0.3, 0.4) is 0 Å². The van der Waals surface area contributed by atoms with E-state index in [4.69, 9.17) is 4.74 Å². The molecule has 1 aliphatic heterocycles. The van der Waals surface area contributed by atoms with Crippen LogP contribution in [0.15, 0.2) is 59.6 Å². The highest BCUT2D eigenvalue weighted by atomic mass is 16.5. The van der Waals surface area contributed by atoms with Gasteiger partial charge >= 0.3 is 5.97 Å². The lowest BCUT2D eigenvalue weighted by molar-refractivity contribution is -0.142. The Kier molecular flexibility index (Phi) is 13.1. The molecule has 0 saturated carbocycles. The summed E-state index contributed by atoms with van der Waals surface area (Å²) in [6.07, 6.45) is 6.78. The number of fused-ring (bicyclic) bond motifs is 1. The highest BCUT2D eigenvalue weighted by molar-refractivity contribution is 6.04. The standard InChI is InChI=1S/C26H27NO7.2C2H6/c1-4-19-23(10-12-28)34-24-14-18(31)6-8-21(24)25(19)20-7-5-17(13-22(20)26(32)33)9-11-27(15(2)29)16(3)30;2*1-2/h5-8,10,13-14,19,28H,4,9,11-12H2,1-3H3,(H,32,33);2*1-2H3/b23-10+;;. The molecule has 0 spiro atoms. The van der Waals surface area contributed by atoms with E-state index in [0.717, 1.165) is 4.90 Å². The van der Waals surface area contributed by atoms with E-state index in [-0.39, 0.29) is 42.2 Å². The Morgan fingerprint density at radius 2 is 1.68 bits per heavy atom. The number of carbonyl (C=O) groups excluding carboxylic acids is 3. The third kappa shape index (κ3) is 7.61. The average Bonchev–Trinajstić information content (AvgIpc) is 2.90. The molecule has 8 nitrogen and oxygen atoms in total. The van der Waals surface area contributed by atoms with Gasteiger partial charge in [-0.1, -0.05) is 46.8 Å². The Balaban J connectivity index is 0.00000172. The molecule has 1 aromatic carbocycles. The lowest BCUT2D eigenvalue weighted by Crippen LogP contribution is -2.35. The SMILES string of the molecule is CC.CC.CCC1C(c2ccc(CCN(C(C)=O)C(C)=O)cc2C(=O)O)=C2C=CC(=O)C=C2O/C1=C/CO. The van der Waals surface area contributed by atoms with E-state index in [1.807, 2.05) is 34.6 Å². The van der Waals surface area contributed by atoms with Gasteiger partial charge < -0.3 is 14.9 Å². The van der Waals surface area contributed by atoms with Gasteiger partial charge in [-0.05, 0) is 53.8 Å². The van der Waals surface area contributed by atoms with Crippen molar-refractivity contribution in [2.24, 2.45) is 5.92 Å². The minimum Gasteiger partial charge on any atom is -0.478 e. The summed E-state index contributed by atoms with van der Waals surface area (Å²) in [5, 5.41) is 19.5. The zero-order chi connectivity index (χ0) is 29.0. The van der Waals surface area contributed by atoms with E-state index in [1.54, 1.807) is 24.3 Å². The first-order chi connectivity index (χ1) is 18.2. The number of carboxylic acids is 1. The predicted octanol–water partition coefficient (Wildman–Crippen LogP) is 5.08. The highest BCUT2D eigenvalue weighted by Gasteiger charge is 2.34. The van der Waals surface area contributed by atoms with Gasteiger partial charge in [-0.3, -0.25) is 19.3 Å². The Morgan fingerprint density at radius 3 is 2.21 bits per heavy atom. The van der Waals surface area contributed by atoms with Gasteiger partial charge in [-0.15, -0.1) is 0 Å². The van der Waals surface area contributed by atoms with Crippen LogP contribution in [-0.4, -0.2) is 51.8 Å². The van der Waals surface area contributed by atoms with Crippen LogP contribution in [0, 0.1) is 5.92 Å². The van der Waals surface area contributed by atoms with Crippen LogP contribution in [0.1, 0.15) is 76.4 Å². The van der Waals surface area contributed by atoms with Crippen LogP contribution >= 0.6 is 0 Å². The number of carbonyl (C=O) groups is 4. The lowest BCUT2D eigenvalue weighted by atomic mass is 9.79. The van der Waals surface area contributed by atoms with Crippen molar-refractivity contribution in [1.29, 1.82) is 0 Å². The molecule has 1 aromatic rings. The van der Waals surface area contributed by atoms with Crippen LogP contribution in [0.4, 0.5) is 0 Å². The van der Waals surface area contributed by atoms with Gasteiger partial charge in [-0.25, -0.2) is 4.79 Å². The molecule has 3 rings (SSSR count). The van der Waals surface area contributed by atoms with Crippen molar-refractivity contribution in [2.45, 2.75) is 61.3 Å². The van der Waals surface area contributed by atoms with Crippen molar-refractivity contribution < 1.29 is 34.1 Å². The smallest absolute Gasteiger partial charge is 0.336 e. The number of aliphatic hydroxyl groups excluding tert-OH is 1. The summed E-state index contributed by atoms with van der Waals surface area (Å²) in [4.78, 5) is 48.7. The molecule has 38 heavy (non-hydrogen) atoms. The molecule has 8 heteroatoms. The minimum atomic E-state index is -1.13. The second-order valence-corrected chi connectivity index (χ2v) is 8.05. The monoisotopic (exact) mass is 525 g/mol. The molecular formula is C30H39NO7. The number of hydrogen-bond donors (Lipinski definition) is 2. The van der Waals surface area contributed by atoms with Crippen molar-refractivity contribution in [3.05, 3.63) is 76.3 Å². The number of aromatic carboxylic acids is 1. The Bertz CT molecular complexity index is 1160. The normalized spacial score (nSPS) is 16.7. The molecule has 1 heterocycles. The number of nitrogens with zero attached hydrogens (tertiary/aromatic N) is 1. The number of imide groups is 1. The third-order valence-electron chi connectivity index (χ3n) is 5.85. The largest absolute Gasteiger partial charge is 0.478 e. The summed E-state index contributed by atoms with van der Waals surface area (Å²) in [6, 6.07) is 5.02. The van der Waals surface area contributed by atoms with Crippen LogP contribution in [0.25, 0.3) is 5.57 Å². The van der Waals surface area contributed by atoms with E-state index in [9.17, 15) is 29.4 Å². The molecule has 0 saturated heterocycles. The molecule has 0 bridgehead atoms. The number of hydrogen-bond acceptors (Lipinski definition) is 6. The van der Waals surface area contributed by atoms with Crippen molar-refractivity contribution in [3.8, 4) is 0 Å².